The number of likely N-dealkylation sites (N-methyl/N-ethyl adjacent to an activating group) is 1. The molecule has 0 aliphatic heterocycles. The van der Waals surface area contributed by atoms with Crippen LogP contribution in [-0.4, -0.2) is 191 Å². The molecule has 0 spiro atoms. The zero-order valence-electron chi connectivity index (χ0n) is 26.1. The van der Waals surface area contributed by atoms with E-state index in [0.717, 1.165) is 6.54 Å². The normalized spacial score (nSPS) is 11.7. The molecule has 0 rings (SSSR count). The van der Waals surface area contributed by atoms with Crippen LogP contribution in [0.25, 0.3) is 0 Å². The molecule has 0 aromatic carbocycles. The molecule has 0 aliphatic rings. The van der Waals surface area contributed by atoms with Crippen LogP contribution in [0.2, 0.25) is 0 Å². The zero-order valence-corrected chi connectivity index (χ0v) is 26.1. The molecule has 13 nitrogen and oxygen atoms in total. The van der Waals surface area contributed by atoms with Crippen molar-refractivity contribution >= 4 is 0 Å². The average Bonchev–Trinajstić information content (AvgIpc) is 2.98. The van der Waals surface area contributed by atoms with Crippen molar-refractivity contribution in [3.63, 3.8) is 0 Å². The van der Waals surface area contributed by atoms with Crippen LogP contribution >= 0.6 is 0 Å². The van der Waals surface area contributed by atoms with Crippen LogP contribution < -0.4 is 0 Å². The van der Waals surface area contributed by atoms with E-state index < -0.39 is 6.67 Å². The molecule has 0 radical (unpaired) electrons. The maximum Gasteiger partial charge on any atom is 0.113 e. The van der Waals surface area contributed by atoms with Gasteiger partial charge in [0.05, 0.1) is 159 Å². The summed E-state index contributed by atoms with van der Waals surface area (Å²) < 4.78 is 76.5. The van der Waals surface area contributed by atoms with Gasteiger partial charge in [0.2, 0.25) is 0 Å². The zero-order chi connectivity index (χ0) is 30.4. The largest absolute Gasteiger partial charge is 0.378 e. The fourth-order valence-corrected chi connectivity index (χ4v) is 2.82. The van der Waals surface area contributed by atoms with E-state index in [4.69, 9.17) is 56.8 Å². The van der Waals surface area contributed by atoms with Crippen LogP contribution in [-0.2, 0) is 56.8 Å². The first kappa shape index (κ1) is 41.4. The Labute approximate surface area is 252 Å². The summed E-state index contributed by atoms with van der Waals surface area (Å²) in [4.78, 5) is 2.08. The Morgan fingerprint density at radius 1 is 0.286 bits per heavy atom. The molecule has 42 heavy (non-hydrogen) atoms. The van der Waals surface area contributed by atoms with Crippen molar-refractivity contribution in [1.29, 1.82) is 0 Å². The van der Waals surface area contributed by atoms with Gasteiger partial charge >= 0.3 is 0 Å². The maximum absolute atomic E-state index is 11.8. The highest BCUT2D eigenvalue weighted by molar-refractivity contribution is 4.41. The summed E-state index contributed by atoms with van der Waals surface area (Å²) in [6.45, 7) is 12.4. The lowest BCUT2D eigenvalue weighted by Crippen LogP contribution is -2.19. The highest BCUT2D eigenvalue weighted by atomic mass is 19.1. The molecular weight excluding hydrogens is 561 g/mol. The molecular formula is C28H58FNO12. The Hall–Kier alpha value is -0.590. The third-order valence-electron chi connectivity index (χ3n) is 5.00. The number of ether oxygens (including phenoxy) is 12. The monoisotopic (exact) mass is 619 g/mol. The number of halogens is 1. The van der Waals surface area contributed by atoms with Crippen molar-refractivity contribution in [2.75, 3.05) is 186 Å². The fourth-order valence-electron chi connectivity index (χ4n) is 2.82. The maximum atomic E-state index is 11.8. The van der Waals surface area contributed by atoms with E-state index in [-0.39, 0.29) is 6.61 Å². The molecule has 0 heterocycles. The van der Waals surface area contributed by atoms with Crippen LogP contribution in [0.15, 0.2) is 0 Å². The van der Waals surface area contributed by atoms with Gasteiger partial charge in [-0.05, 0) is 14.1 Å². The second-order valence-corrected chi connectivity index (χ2v) is 8.84. The highest BCUT2D eigenvalue weighted by Crippen LogP contribution is 1.87. The highest BCUT2D eigenvalue weighted by Gasteiger charge is 1.97. The lowest BCUT2D eigenvalue weighted by Gasteiger charge is -2.10. The predicted octanol–water partition coefficient (Wildman–Crippen LogP) is 0.717. The van der Waals surface area contributed by atoms with Crippen molar-refractivity contribution in [2.45, 2.75) is 0 Å². The summed E-state index contributed by atoms with van der Waals surface area (Å²) >= 11 is 0. The summed E-state index contributed by atoms with van der Waals surface area (Å²) in [6.07, 6.45) is 0. The Bertz CT molecular complexity index is 486. The quantitative estimate of drug-likeness (QED) is 0.0906. The van der Waals surface area contributed by atoms with Crippen molar-refractivity contribution in [3.8, 4) is 0 Å². The van der Waals surface area contributed by atoms with E-state index in [1.807, 2.05) is 14.1 Å². The van der Waals surface area contributed by atoms with Crippen molar-refractivity contribution in [3.05, 3.63) is 0 Å². The summed E-state index contributed by atoms with van der Waals surface area (Å²) in [5, 5.41) is 0. The Morgan fingerprint density at radius 2 is 0.452 bits per heavy atom. The SMILES string of the molecule is CN(C)CCOCCOCCOCCOCCOCCOCCOCCOCCOCCOCCOCCOCCF. The molecule has 0 amide bonds. The van der Waals surface area contributed by atoms with E-state index in [9.17, 15) is 4.39 Å². The van der Waals surface area contributed by atoms with Crippen LogP contribution in [0, 0.1) is 0 Å². The Kier molecular flexibility index (Phi) is 37.9. The molecule has 0 N–H and O–H groups in total. The second kappa shape index (κ2) is 38.4. The minimum absolute atomic E-state index is 0.114. The molecule has 254 valence electrons. The molecule has 0 aromatic heterocycles. The van der Waals surface area contributed by atoms with E-state index in [1.54, 1.807) is 0 Å². The fraction of sp³-hybridized carbons (Fsp3) is 1.00. The van der Waals surface area contributed by atoms with E-state index >= 15 is 0 Å². The summed E-state index contributed by atoms with van der Waals surface area (Å²) in [6, 6.07) is 0. The molecule has 0 saturated heterocycles. The number of nitrogens with zero attached hydrogens (tertiary/aromatic N) is 1. The molecule has 0 fully saturated rings. The van der Waals surface area contributed by atoms with Gasteiger partial charge in [-0.25, -0.2) is 4.39 Å². The summed E-state index contributed by atoms with van der Waals surface area (Å²) in [5.74, 6) is 0. The van der Waals surface area contributed by atoms with Crippen molar-refractivity contribution in [2.24, 2.45) is 0 Å². The van der Waals surface area contributed by atoms with Gasteiger partial charge in [0.1, 0.15) is 6.67 Å². The topological polar surface area (TPSA) is 114 Å². The first-order valence-corrected chi connectivity index (χ1v) is 14.9. The van der Waals surface area contributed by atoms with Crippen LogP contribution in [0.5, 0.6) is 0 Å². The first-order chi connectivity index (χ1) is 20.8. The molecule has 0 bridgehead atoms. The summed E-state index contributed by atoms with van der Waals surface area (Å²) in [7, 11) is 4.04. The van der Waals surface area contributed by atoms with Gasteiger partial charge in [-0.1, -0.05) is 0 Å². The van der Waals surface area contributed by atoms with Crippen LogP contribution in [0.1, 0.15) is 0 Å². The van der Waals surface area contributed by atoms with E-state index in [2.05, 4.69) is 4.90 Å². The second-order valence-electron chi connectivity index (χ2n) is 8.84. The number of hydrogen-bond donors (Lipinski definition) is 0. The lowest BCUT2D eigenvalue weighted by molar-refractivity contribution is -0.0285. The molecule has 0 unspecified atom stereocenters. The van der Waals surface area contributed by atoms with Gasteiger partial charge in [-0.3, -0.25) is 0 Å². The average molecular weight is 620 g/mol. The van der Waals surface area contributed by atoms with Gasteiger partial charge in [0, 0.05) is 6.54 Å². The van der Waals surface area contributed by atoms with Crippen LogP contribution in [0.4, 0.5) is 4.39 Å². The van der Waals surface area contributed by atoms with Gasteiger partial charge < -0.3 is 61.7 Å². The molecule has 0 aromatic rings. The lowest BCUT2D eigenvalue weighted by atomic mass is 10.6. The number of alkyl halides is 1. The van der Waals surface area contributed by atoms with Crippen molar-refractivity contribution in [1.82, 2.24) is 4.90 Å². The third-order valence-corrected chi connectivity index (χ3v) is 5.00. The molecule has 0 aliphatic carbocycles. The molecule has 14 heteroatoms. The number of hydrogen-bond acceptors (Lipinski definition) is 13. The van der Waals surface area contributed by atoms with E-state index in [0.29, 0.717) is 152 Å². The first-order valence-electron chi connectivity index (χ1n) is 14.9. The molecule has 0 atom stereocenters. The van der Waals surface area contributed by atoms with Gasteiger partial charge in [-0.2, -0.15) is 0 Å². The minimum atomic E-state index is -0.474. The third kappa shape index (κ3) is 39.4. The van der Waals surface area contributed by atoms with Crippen LogP contribution in [0.3, 0.4) is 0 Å². The Morgan fingerprint density at radius 3 is 0.619 bits per heavy atom. The van der Waals surface area contributed by atoms with Gasteiger partial charge in [0.15, 0.2) is 0 Å². The number of rotatable bonds is 38. The predicted molar refractivity (Wildman–Crippen MR) is 154 cm³/mol. The standard InChI is InChI=1S/C28H58FNO12/c1-30(2)4-6-32-8-10-34-12-14-36-16-18-38-20-22-40-24-26-42-28-27-41-25-23-39-21-19-37-17-15-35-13-11-33-9-7-31-5-3-29/h3-28H2,1-2H3. The molecule has 0 saturated carbocycles. The Balaban J connectivity index is 3.03. The smallest absolute Gasteiger partial charge is 0.113 e. The summed E-state index contributed by atoms with van der Waals surface area (Å²) in [5.41, 5.74) is 0. The van der Waals surface area contributed by atoms with Crippen molar-refractivity contribution < 1.29 is 61.2 Å². The van der Waals surface area contributed by atoms with Gasteiger partial charge in [-0.15, -0.1) is 0 Å². The van der Waals surface area contributed by atoms with E-state index in [1.165, 1.54) is 0 Å². The minimum Gasteiger partial charge on any atom is -0.378 e. The van der Waals surface area contributed by atoms with Gasteiger partial charge in [0.25, 0.3) is 0 Å².